The van der Waals surface area contributed by atoms with E-state index >= 15 is 0 Å². The lowest BCUT2D eigenvalue weighted by Crippen LogP contribution is -2.32. The Hall–Kier alpha value is -1.62. The molecule has 5 heteroatoms. The molecule has 1 unspecified atom stereocenters. The van der Waals surface area contributed by atoms with E-state index in [0.717, 1.165) is 18.4 Å². The highest BCUT2D eigenvalue weighted by Gasteiger charge is 2.51. The monoisotopic (exact) mass is 267 g/mol. The Kier molecular flexibility index (Phi) is 3.49. The number of benzene rings is 1. The average Bonchev–Trinajstić information content (AvgIpc) is 3.19. The van der Waals surface area contributed by atoms with Crippen LogP contribution in [-0.2, 0) is 14.9 Å². The molecule has 0 heterocycles. The van der Waals surface area contributed by atoms with Crippen LogP contribution in [0, 0.1) is 0 Å². The van der Waals surface area contributed by atoms with E-state index in [1.165, 1.54) is 14.0 Å². The molecule has 0 saturated heterocycles. The smallest absolute Gasteiger partial charge is 0.360 e. The highest BCUT2D eigenvalue weighted by Crippen LogP contribution is 2.49. The van der Waals surface area contributed by atoms with E-state index in [4.69, 9.17) is 4.74 Å². The van der Waals surface area contributed by atoms with Crippen LogP contribution in [-0.4, -0.2) is 26.1 Å². The zero-order valence-corrected chi connectivity index (χ0v) is 11.3. The lowest BCUT2D eigenvalue weighted by molar-refractivity contribution is -0.242. The first-order chi connectivity index (χ1) is 8.93. The van der Waals surface area contributed by atoms with Gasteiger partial charge in [-0.25, -0.2) is 0 Å². The minimum atomic E-state index is -2.18. The van der Waals surface area contributed by atoms with Gasteiger partial charge in [-0.3, -0.25) is 4.79 Å². The highest BCUT2D eigenvalue weighted by atomic mass is 19.2. The summed E-state index contributed by atoms with van der Waals surface area (Å²) < 4.78 is 23.3. The van der Waals surface area contributed by atoms with Gasteiger partial charge in [0.25, 0.3) is 0 Å². The number of hydrogen-bond donors (Lipinski definition) is 1. The molecule has 19 heavy (non-hydrogen) atoms. The molecule has 0 radical (unpaired) electrons. The molecule has 0 aromatic heterocycles. The van der Waals surface area contributed by atoms with Crippen molar-refractivity contribution in [2.24, 2.45) is 0 Å². The van der Waals surface area contributed by atoms with Gasteiger partial charge in [0.15, 0.2) is 0 Å². The van der Waals surface area contributed by atoms with Crippen molar-refractivity contribution >= 4 is 5.91 Å². The van der Waals surface area contributed by atoms with Crippen LogP contribution in [0.15, 0.2) is 24.3 Å². The zero-order valence-electron chi connectivity index (χ0n) is 11.3. The Balaban J connectivity index is 2.23. The van der Waals surface area contributed by atoms with Gasteiger partial charge < -0.3 is 14.8 Å². The number of likely N-dealkylation sites (N-methyl/N-ethyl adjacent to an activating group) is 1. The van der Waals surface area contributed by atoms with Gasteiger partial charge in [-0.2, -0.15) is 4.39 Å². The van der Waals surface area contributed by atoms with Crippen LogP contribution < -0.4 is 10.1 Å². The van der Waals surface area contributed by atoms with E-state index in [1.54, 1.807) is 25.2 Å². The lowest BCUT2D eigenvalue weighted by atomic mass is 9.95. The van der Waals surface area contributed by atoms with E-state index in [1.807, 2.05) is 6.07 Å². The van der Waals surface area contributed by atoms with E-state index in [0.29, 0.717) is 5.75 Å². The highest BCUT2D eigenvalue weighted by molar-refractivity contribution is 5.91. The fourth-order valence-electron chi connectivity index (χ4n) is 2.12. The summed E-state index contributed by atoms with van der Waals surface area (Å²) >= 11 is 0. The zero-order chi connectivity index (χ0) is 14.1. The Bertz CT molecular complexity index is 483. The third kappa shape index (κ3) is 2.71. The Labute approximate surface area is 111 Å². The molecule has 1 saturated carbocycles. The van der Waals surface area contributed by atoms with Crippen molar-refractivity contribution in [1.82, 2.24) is 5.32 Å². The van der Waals surface area contributed by atoms with Crippen molar-refractivity contribution in [3.05, 3.63) is 29.8 Å². The second-order valence-electron chi connectivity index (χ2n) is 4.83. The molecule has 0 spiro atoms. The summed E-state index contributed by atoms with van der Waals surface area (Å²) in [4.78, 5) is 11.9. The van der Waals surface area contributed by atoms with Gasteiger partial charge in [0.05, 0.1) is 5.41 Å². The van der Waals surface area contributed by atoms with Crippen LogP contribution >= 0.6 is 0 Å². The third-order valence-electron chi connectivity index (χ3n) is 3.46. The Morgan fingerprint density at radius 1 is 1.47 bits per heavy atom. The van der Waals surface area contributed by atoms with Gasteiger partial charge in [0.1, 0.15) is 5.75 Å². The lowest BCUT2D eigenvalue weighted by Gasteiger charge is -2.21. The molecular formula is C14H18FNO3. The van der Waals surface area contributed by atoms with Gasteiger partial charge in [0.2, 0.25) is 5.91 Å². The predicted molar refractivity (Wildman–Crippen MR) is 68.6 cm³/mol. The van der Waals surface area contributed by atoms with Gasteiger partial charge >= 0.3 is 6.04 Å². The van der Waals surface area contributed by atoms with Crippen molar-refractivity contribution in [3.8, 4) is 5.75 Å². The average molecular weight is 267 g/mol. The largest absolute Gasteiger partial charge is 0.436 e. The van der Waals surface area contributed by atoms with Crippen LogP contribution in [0.5, 0.6) is 5.75 Å². The first-order valence-electron chi connectivity index (χ1n) is 6.19. The SMILES string of the molecule is CNC(=O)C1(c2cccc(OC(C)(F)OC)c2)CC1. The molecule has 4 nitrogen and oxygen atoms in total. The summed E-state index contributed by atoms with van der Waals surface area (Å²) in [7, 11) is 2.85. The standard InChI is InChI=1S/C14H18FNO3/c1-13(15,18-3)19-11-6-4-5-10(9-11)14(7-8-14)12(17)16-2/h4-6,9H,7-8H2,1-3H3,(H,16,17). The molecule has 104 valence electrons. The summed E-state index contributed by atoms with van der Waals surface area (Å²) in [6.45, 7) is 1.19. The molecule has 0 bridgehead atoms. The number of rotatable bonds is 5. The van der Waals surface area contributed by atoms with Gasteiger partial charge in [-0.15, -0.1) is 0 Å². The number of halogens is 1. The number of hydrogen-bond acceptors (Lipinski definition) is 3. The maximum Gasteiger partial charge on any atom is 0.360 e. The van der Waals surface area contributed by atoms with E-state index < -0.39 is 11.5 Å². The van der Waals surface area contributed by atoms with Crippen molar-refractivity contribution < 1.29 is 18.7 Å². The molecule has 1 aliphatic carbocycles. The summed E-state index contributed by atoms with van der Waals surface area (Å²) in [6.07, 6.45) is 1.60. The fraction of sp³-hybridized carbons (Fsp3) is 0.500. The predicted octanol–water partition coefficient (Wildman–Crippen LogP) is 2.13. The van der Waals surface area contributed by atoms with E-state index in [9.17, 15) is 9.18 Å². The topological polar surface area (TPSA) is 47.6 Å². The minimum Gasteiger partial charge on any atom is -0.436 e. The van der Waals surface area contributed by atoms with Crippen molar-refractivity contribution in [2.75, 3.05) is 14.2 Å². The van der Waals surface area contributed by atoms with Crippen LogP contribution in [0.3, 0.4) is 0 Å². The van der Waals surface area contributed by atoms with Crippen molar-refractivity contribution in [1.29, 1.82) is 0 Å². The van der Waals surface area contributed by atoms with Crippen LogP contribution in [0.1, 0.15) is 25.3 Å². The normalized spacial score (nSPS) is 19.4. The summed E-state index contributed by atoms with van der Waals surface area (Å²) in [5, 5.41) is 2.67. The molecule has 1 N–H and O–H groups in total. The first kappa shape index (κ1) is 13.8. The molecule has 1 aliphatic rings. The van der Waals surface area contributed by atoms with Gasteiger partial charge in [-0.05, 0) is 30.5 Å². The number of methoxy groups -OCH3 is 1. The van der Waals surface area contributed by atoms with Gasteiger partial charge in [0, 0.05) is 21.1 Å². The first-order valence-corrected chi connectivity index (χ1v) is 6.19. The Morgan fingerprint density at radius 2 is 2.16 bits per heavy atom. The number of carbonyl (C=O) groups excluding carboxylic acids is 1. The molecule has 2 rings (SSSR count). The van der Waals surface area contributed by atoms with Crippen LogP contribution in [0.4, 0.5) is 4.39 Å². The van der Waals surface area contributed by atoms with Crippen molar-refractivity contribution in [3.63, 3.8) is 0 Å². The molecular weight excluding hydrogens is 249 g/mol. The Morgan fingerprint density at radius 3 is 2.68 bits per heavy atom. The van der Waals surface area contributed by atoms with E-state index in [-0.39, 0.29) is 5.91 Å². The number of amides is 1. The quantitative estimate of drug-likeness (QED) is 0.831. The van der Waals surface area contributed by atoms with E-state index in [2.05, 4.69) is 10.1 Å². The maximum absolute atomic E-state index is 13.7. The van der Waals surface area contributed by atoms with Crippen LogP contribution in [0.25, 0.3) is 0 Å². The summed E-state index contributed by atoms with van der Waals surface area (Å²) in [5.74, 6) is 0.332. The number of alkyl halides is 1. The second-order valence-corrected chi connectivity index (χ2v) is 4.83. The molecule has 1 atom stereocenters. The van der Waals surface area contributed by atoms with Crippen LogP contribution in [0.2, 0.25) is 0 Å². The number of ether oxygens (including phenoxy) is 2. The third-order valence-corrected chi connectivity index (χ3v) is 3.46. The minimum absolute atomic E-state index is 0.0144. The molecule has 1 amide bonds. The molecule has 1 aromatic rings. The van der Waals surface area contributed by atoms with Gasteiger partial charge in [-0.1, -0.05) is 12.1 Å². The van der Waals surface area contributed by atoms with Crippen molar-refractivity contribution in [2.45, 2.75) is 31.2 Å². The number of nitrogens with one attached hydrogen (secondary N) is 1. The molecule has 1 fully saturated rings. The molecule has 0 aliphatic heterocycles. The summed E-state index contributed by atoms with van der Waals surface area (Å²) in [6, 6.07) is 4.76. The fourth-order valence-corrected chi connectivity index (χ4v) is 2.12. The molecule has 1 aromatic carbocycles. The summed E-state index contributed by atoms with van der Waals surface area (Å²) in [5.41, 5.74) is 0.365. The maximum atomic E-state index is 13.7. The second kappa shape index (κ2) is 4.81. The number of carbonyl (C=O) groups is 1.